The first kappa shape index (κ1) is 13.2. The molecular weight excluding hydrogens is 325 g/mol. The Balaban J connectivity index is 2.28. The van der Waals surface area contributed by atoms with E-state index < -0.39 is 0 Å². The normalized spacial score (nSPS) is 14.8. The average Bonchev–Trinajstić information content (AvgIpc) is 3.09. The van der Waals surface area contributed by atoms with Gasteiger partial charge in [-0.05, 0) is 25.0 Å². The van der Waals surface area contributed by atoms with Gasteiger partial charge in [0.15, 0.2) is 0 Å². The molecule has 0 aliphatic heterocycles. The molecule has 0 unspecified atom stereocenters. The number of amides is 1. The van der Waals surface area contributed by atoms with Crippen molar-refractivity contribution in [3.63, 3.8) is 0 Å². The zero-order valence-electron chi connectivity index (χ0n) is 9.13. The van der Waals surface area contributed by atoms with E-state index in [-0.39, 0.29) is 5.91 Å². The Labute approximate surface area is 119 Å². The van der Waals surface area contributed by atoms with Crippen molar-refractivity contribution in [3.8, 4) is 0 Å². The van der Waals surface area contributed by atoms with Gasteiger partial charge >= 0.3 is 0 Å². The summed E-state index contributed by atoms with van der Waals surface area (Å²) in [5.41, 5.74) is 0.420. The van der Waals surface area contributed by atoms with Crippen molar-refractivity contribution in [1.29, 1.82) is 0 Å². The molecule has 92 valence electrons. The van der Waals surface area contributed by atoms with Gasteiger partial charge in [-0.3, -0.25) is 4.79 Å². The fourth-order valence-corrected chi connectivity index (χ4v) is 2.71. The van der Waals surface area contributed by atoms with Crippen LogP contribution in [0.1, 0.15) is 23.2 Å². The highest BCUT2D eigenvalue weighted by Gasteiger charge is 2.33. The Bertz CT molecular complexity index is 414. The third kappa shape index (κ3) is 2.95. The van der Waals surface area contributed by atoms with E-state index in [1.165, 1.54) is 0 Å². The molecule has 2 nitrogen and oxygen atoms in total. The average molecular weight is 337 g/mol. The van der Waals surface area contributed by atoms with Crippen molar-refractivity contribution >= 4 is 45.0 Å². The molecule has 0 N–H and O–H groups in total. The predicted octanol–water partition coefficient (Wildman–Crippen LogP) is 3.99. The van der Waals surface area contributed by atoms with E-state index in [9.17, 15) is 4.79 Å². The van der Waals surface area contributed by atoms with Crippen LogP contribution >= 0.6 is 39.1 Å². The Kier molecular flexibility index (Phi) is 4.34. The lowest BCUT2D eigenvalue weighted by atomic mass is 10.2. The molecule has 0 atom stereocenters. The second-order valence-corrected chi connectivity index (χ2v) is 5.62. The summed E-state index contributed by atoms with van der Waals surface area (Å²) in [5.74, 6) is -0.0671. The molecule has 0 radical (unpaired) electrons. The molecule has 1 aliphatic carbocycles. The molecule has 0 saturated heterocycles. The monoisotopic (exact) mass is 335 g/mol. The van der Waals surface area contributed by atoms with E-state index in [0.29, 0.717) is 28.2 Å². The highest BCUT2D eigenvalue weighted by Crippen LogP contribution is 2.32. The lowest BCUT2D eigenvalue weighted by Crippen LogP contribution is -2.35. The molecule has 1 aromatic carbocycles. The minimum atomic E-state index is -0.0671. The van der Waals surface area contributed by atoms with Crippen molar-refractivity contribution in [2.75, 3.05) is 11.9 Å². The summed E-state index contributed by atoms with van der Waals surface area (Å²) in [5, 5.41) is 1.60. The van der Waals surface area contributed by atoms with Crippen LogP contribution in [0.3, 0.4) is 0 Å². The Morgan fingerprint density at radius 3 is 2.41 bits per heavy atom. The molecule has 0 spiro atoms. The number of halogens is 3. The van der Waals surface area contributed by atoms with Crippen LogP contribution in [0, 0.1) is 0 Å². The maximum Gasteiger partial charge on any atom is 0.257 e. The van der Waals surface area contributed by atoms with Gasteiger partial charge in [-0.25, -0.2) is 0 Å². The molecule has 5 heteroatoms. The van der Waals surface area contributed by atoms with E-state index in [1.54, 1.807) is 18.2 Å². The van der Waals surface area contributed by atoms with E-state index in [2.05, 4.69) is 15.9 Å². The second-order valence-electron chi connectivity index (χ2n) is 4.02. The zero-order valence-corrected chi connectivity index (χ0v) is 12.2. The standard InChI is InChI=1S/C12H12BrCl2NO/c13-6-7-16(8-4-5-8)12(17)11-9(14)2-1-3-10(11)15/h1-3,8H,4-7H2. The highest BCUT2D eigenvalue weighted by atomic mass is 79.9. The van der Waals surface area contributed by atoms with Crippen LogP contribution in [0.5, 0.6) is 0 Å². The van der Waals surface area contributed by atoms with Gasteiger partial charge in [0.05, 0.1) is 15.6 Å². The minimum absolute atomic E-state index is 0.0671. The molecule has 1 fully saturated rings. The quantitative estimate of drug-likeness (QED) is 0.761. The van der Waals surface area contributed by atoms with Crippen molar-refractivity contribution in [2.24, 2.45) is 0 Å². The van der Waals surface area contributed by atoms with Crippen LogP contribution in [-0.4, -0.2) is 28.7 Å². The molecule has 0 heterocycles. The van der Waals surface area contributed by atoms with Crippen LogP contribution in [0.4, 0.5) is 0 Å². The number of hydrogen-bond acceptors (Lipinski definition) is 1. The molecule has 1 aromatic rings. The zero-order chi connectivity index (χ0) is 12.4. The largest absolute Gasteiger partial charge is 0.335 e. The topological polar surface area (TPSA) is 20.3 Å². The lowest BCUT2D eigenvalue weighted by Gasteiger charge is -2.22. The van der Waals surface area contributed by atoms with Crippen LogP contribution in [0.25, 0.3) is 0 Å². The van der Waals surface area contributed by atoms with Gasteiger partial charge in [-0.1, -0.05) is 45.2 Å². The fourth-order valence-electron chi connectivity index (χ4n) is 1.77. The van der Waals surface area contributed by atoms with Gasteiger partial charge in [0.2, 0.25) is 0 Å². The maximum atomic E-state index is 12.4. The Morgan fingerprint density at radius 2 is 1.94 bits per heavy atom. The van der Waals surface area contributed by atoms with E-state index in [1.807, 2.05) is 4.90 Å². The summed E-state index contributed by atoms with van der Waals surface area (Å²) in [7, 11) is 0. The fraction of sp³-hybridized carbons (Fsp3) is 0.417. The summed E-state index contributed by atoms with van der Waals surface area (Å²) < 4.78 is 0. The molecular formula is C12H12BrCl2NO. The first-order chi connectivity index (χ1) is 8.15. The SMILES string of the molecule is O=C(c1c(Cl)cccc1Cl)N(CCBr)C1CC1. The molecule has 17 heavy (non-hydrogen) atoms. The maximum absolute atomic E-state index is 12.4. The summed E-state index contributed by atoms with van der Waals surface area (Å²) in [6.45, 7) is 0.686. The smallest absolute Gasteiger partial charge is 0.257 e. The summed E-state index contributed by atoms with van der Waals surface area (Å²) in [6.07, 6.45) is 2.14. The van der Waals surface area contributed by atoms with Crippen molar-refractivity contribution in [3.05, 3.63) is 33.8 Å². The second kappa shape index (κ2) is 5.59. The van der Waals surface area contributed by atoms with Crippen LogP contribution in [-0.2, 0) is 0 Å². The molecule has 1 saturated carbocycles. The highest BCUT2D eigenvalue weighted by molar-refractivity contribution is 9.09. The van der Waals surface area contributed by atoms with Crippen LogP contribution < -0.4 is 0 Å². The predicted molar refractivity (Wildman–Crippen MR) is 74.3 cm³/mol. The molecule has 0 bridgehead atoms. The first-order valence-electron chi connectivity index (χ1n) is 5.46. The number of nitrogens with zero attached hydrogens (tertiary/aromatic N) is 1. The third-order valence-corrected chi connectivity index (χ3v) is 3.74. The minimum Gasteiger partial charge on any atom is -0.335 e. The third-order valence-electron chi connectivity index (χ3n) is 2.75. The van der Waals surface area contributed by atoms with Gasteiger partial charge in [0.25, 0.3) is 5.91 Å². The van der Waals surface area contributed by atoms with Gasteiger partial charge in [-0.15, -0.1) is 0 Å². The van der Waals surface area contributed by atoms with Crippen LogP contribution in [0.2, 0.25) is 10.0 Å². The lowest BCUT2D eigenvalue weighted by molar-refractivity contribution is 0.0755. The molecule has 0 aromatic heterocycles. The number of carbonyl (C=O) groups excluding carboxylic acids is 1. The number of rotatable bonds is 4. The molecule has 2 rings (SSSR count). The van der Waals surface area contributed by atoms with E-state index in [4.69, 9.17) is 23.2 Å². The summed E-state index contributed by atoms with van der Waals surface area (Å²) in [6, 6.07) is 5.49. The number of carbonyl (C=O) groups is 1. The van der Waals surface area contributed by atoms with Crippen molar-refractivity contribution in [1.82, 2.24) is 4.90 Å². The van der Waals surface area contributed by atoms with E-state index in [0.717, 1.165) is 18.2 Å². The Hall–Kier alpha value is -0.250. The van der Waals surface area contributed by atoms with Gasteiger partial charge < -0.3 is 4.90 Å². The van der Waals surface area contributed by atoms with Gasteiger partial charge in [0.1, 0.15) is 0 Å². The molecule has 1 aliphatic rings. The molecule has 1 amide bonds. The first-order valence-corrected chi connectivity index (χ1v) is 7.34. The summed E-state index contributed by atoms with van der Waals surface area (Å²) in [4.78, 5) is 14.2. The van der Waals surface area contributed by atoms with Gasteiger partial charge in [0, 0.05) is 17.9 Å². The summed E-state index contributed by atoms with van der Waals surface area (Å²) >= 11 is 15.5. The van der Waals surface area contributed by atoms with Crippen LogP contribution in [0.15, 0.2) is 18.2 Å². The van der Waals surface area contributed by atoms with Crippen molar-refractivity contribution in [2.45, 2.75) is 18.9 Å². The van der Waals surface area contributed by atoms with E-state index >= 15 is 0 Å². The Morgan fingerprint density at radius 1 is 1.35 bits per heavy atom. The van der Waals surface area contributed by atoms with Crippen molar-refractivity contribution < 1.29 is 4.79 Å². The number of alkyl halides is 1. The van der Waals surface area contributed by atoms with Gasteiger partial charge in [-0.2, -0.15) is 0 Å². The number of benzene rings is 1. The number of hydrogen-bond donors (Lipinski definition) is 0.